The Labute approximate surface area is 178 Å². The SMILES string of the molecule is COc1cccc(C(=O)NCc2nc3ccccc3n2Cc2c(F)cccc2Cl)c1. The van der Waals surface area contributed by atoms with Gasteiger partial charge in [-0.15, -0.1) is 0 Å². The number of rotatable bonds is 6. The Morgan fingerprint density at radius 1 is 1.13 bits per heavy atom. The average molecular weight is 424 g/mol. The minimum Gasteiger partial charge on any atom is -0.497 e. The molecule has 4 aromatic rings. The zero-order chi connectivity index (χ0) is 21.1. The van der Waals surface area contributed by atoms with Crippen LogP contribution in [0.4, 0.5) is 4.39 Å². The molecule has 1 heterocycles. The number of imidazole rings is 1. The molecule has 0 saturated heterocycles. The van der Waals surface area contributed by atoms with Gasteiger partial charge in [0.1, 0.15) is 17.4 Å². The third-order valence-electron chi connectivity index (χ3n) is 4.85. The molecule has 0 radical (unpaired) electrons. The average Bonchev–Trinajstić information content (AvgIpc) is 3.12. The van der Waals surface area contributed by atoms with Crippen molar-refractivity contribution in [1.82, 2.24) is 14.9 Å². The van der Waals surface area contributed by atoms with Gasteiger partial charge in [-0.1, -0.05) is 35.9 Å². The number of halogens is 2. The first-order valence-electron chi connectivity index (χ1n) is 9.36. The van der Waals surface area contributed by atoms with Crippen molar-refractivity contribution in [2.45, 2.75) is 13.1 Å². The van der Waals surface area contributed by atoms with E-state index in [0.717, 1.165) is 11.0 Å². The van der Waals surface area contributed by atoms with Crippen LogP contribution < -0.4 is 10.1 Å². The maximum Gasteiger partial charge on any atom is 0.251 e. The molecule has 0 aliphatic rings. The van der Waals surface area contributed by atoms with Crippen LogP contribution in [0, 0.1) is 5.82 Å². The first-order chi connectivity index (χ1) is 14.6. The van der Waals surface area contributed by atoms with Gasteiger partial charge in [-0.25, -0.2) is 9.37 Å². The van der Waals surface area contributed by atoms with Gasteiger partial charge in [0.15, 0.2) is 0 Å². The summed E-state index contributed by atoms with van der Waals surface area (Å²) in [7, 11) is 1.55. The number of nitrogens with zero attached hydrogens (tertiary/aromatic N) is 2. The molecule has 4 rings (SSSR count). The molecule has 7 heteroatoms. The highest BCUT2D eigenvalue weighted by Crippen LogP contribution is 2.24. The summed E-state index contributed by atoms with van der Waals surface area (Å²) in [6, 6.07) is 19.1. The van der Waals surface area contributed by atoms with Crippen molar-refractivity contribution in [3.8, 4) is 5.75 Å². The Balaban J connectivity index is 1.64. The van der Waals surface area contributed by atoms with E-state index in [1.807, 2.05) is 28.8 Å². The molecule has 0 aliphatic heterocycles. The van der Waals surface area contributed by atoms with Crippen molar-refractivity contribution < 1.29 is 13.9 Å². The number of hydrogen-bond acceptors (Lipinski definition) is 3. The van der Waals surface area contributed by atoms with Crippen LogP contribution in [-0.4, -0.2) is 22.6 Å². The van der Waals surface area contributed by atoms with Crippen molar-refractivity contribution in [3.63, 3.8) is 0 Å². The van der Waals surface area contributed by atoms with E-state index < -0.39 is 0 Å². The van der Waals surface area contributed by atoms with Crippen LogP contribution in [0.3, 0.4) is 0 Å². The summed E-state index contributed by atoms with van der Waals surface area (Å²) < 4.78 is 21.4. The number of amides is 1. The molecule has 0 fully saturated rings. The van der Waals surface area contributed by atoms with Crippen molar-refractivity contribution in [1.29, 1.82) is 0 Å². The van der Waals surface area contributed by atoms with E-state index in [4.69, 9.17) is 16.3 Å². The number of para-hydroxylation sites is 2. The predicted molar refractivity (Wildman–Crippen MR) is 114 cm³/mol. The second-order valence-electron chi connectivity index (χ2n) is 6.72. The molecule has 152 valence electrons. The fourth-order valence-corrected chi connectivity index (χ4v) is 3.53. The summed E-state index contributed by atoms with van der Waals surface area (Å²) in [4.78, 5) is 17.2. The smallest absolute Gasteiger partial charge is 0.251 e. The van der Waals surface area contributed by atoms with Crippen LogP contribution in [0.5, 0.6) is 5.75 Å². The van der Waals surface area contributed by atoms with Gasteiger partial charge in [-0.2, -0.15) is 0 Å². The van der Waals surface area contributed by atoms with Crippen molar-refractivity contribution in [2.75, 3.05) is 7.11 Å². The third kappa shape index (κ3) is 4.00. The van der Waals surface area contributed by atoms with Crippen LogP contribution >= 0.6 is 11.6 Å². The Hall–Kier alpha value is -3.38. The molecule has 5 nitrogen and oxygen atoms in total. The molecule has 1 aromatic heterocycles. The summed E-state index contributed by atoms with van der Waals surface area (Å²) in [5.74, 6) is 0.568. The number of aromatic nitrogens is 2. The normalized spacial score (nSPS) is 10.9. The van der Waals surface area contributed by atoms with Gasteiger partial charge in [-0.3, -0.25) is 4.79 Å². The lowest BCUT2D eigenvalue weighted by molar-refractivity contribution is 0.0949. The Kier molecular flexibility index (Phi) is 5.68. The van der Waals surface area contributed by atoms with Crippen LogP contribution in [0.1, 0.15) is 21.7 Å². The van der Waals surface area contributed by atoms with Gasteiger partial charge in [0.25, 0.3) is 5.91 Å². The number of ether oxygens (including phenoxy) is 1. The number of methoxy groups -OCH3 is 1. The highest BCUT2D eigenvalue weighted by Gasteiger charge is 2.16. The van der Waals surface area contributed by atoms with Gasteiger partial charge in [0.05, 0.1) is 31.2 Å². The van der Waals surface area contributed by atoms with Crippen LogP contribution in [0.25, 0.3) is 11.0 Å². The zero-order valence-corrected chi connectivity index (χ0v) is 17.0. The number of benzene rings is 3. The second-order valence-corrected chi connectivity index (χ2v) is 7.12. The molecule has 3 aromatic carbocycles. The number of carbonyl (C=O) groups excluding carboxylic acids is 1. The van der Waals surface area contributed by atoms with E-state index >= 15 is 0 Å². The summed E-state index contributed by atoms with van der Waals surface area (Å²) in [6.45, 7) is 0.382. The Bertz CT molecular complexity index is 1200. The first kappa shape index (κ1) is 19.9. The summed E-state index contributed by atoms with van der Waals surface area (Å²) in [6.07, 6.45) is 0. The molecular formula is C23H19ClFN3O2. The minimum absolute atomic E-state index is 0.177. The van der Waals surface area contributed by atoms with E-state index in [2.05, 4.69) is 10.3 Å². The Morgan fingerprint density at radius 2 is 1.93 bits per heavy atom. The van der Waals surface area contributed by atoms with Crippen LogP contribution in [-0.2, 0) is 13.1 Å². The third-order valence-corrected chi connectivity index (χ3v) is 5.20. The summed E-state index contributed by atoms with van der Waals surface area (Å²) in [5.41, 5.74) is 2.45. The molecule has 1 amide bonds. The van der Waals surface area contributed by atoms with E-state index in [1.54, 1.807) is 43.5 Å². The zero-order valence-electron chi connectivity index (χ0n) is 16.2. The minimum atomic E-state index is -0.383. The molecule has 0 unspecified atom stereocenters. The van der Waals surface area contributed by atoms with Gasteiger partial charge in [-0.05, 0) is 42.5 Å². The number of nitrogens with one attached hydrogen (secondary N) is 1. The lowest BCUT2D eigenvalue weighted by atomic mass is 10.2. The van der Waals surface area contributed by atoms with Crippen molar-refractivity contribution >= 4 is 28.5 Å². The van der Waals surface area contributed by atoms with Gasteiger partial charge >= 0.3 is 0 Å². The molecule has 1 N–H and O–H groups in total. The van der Waals surface area contributed by atoms with E-state index in [0.29, 0.717) is 27.7 Å². The quantitative estimate of drug-likeness (QED) is 0.484. The van der Waals surface area contributed by atoms with Gasteiger partial charge < -0.3 is 14.6 Å². The largest absolute Gasteiger partial charge is 0.497 e. The highest BCUT2D eigenvalue weighted by atomic mass is 35.5. The fraction of sp³-hybridized carbons (Fsp3) is 0.130. The number of hydrogen-bond donors (Lipinski definition) is 1. The molecule has 0 atom stereocenters. The van der Waals surface area contributed by atoms with Crippen LogP contribution in [0.15, 0.2) is 66.7 Å². The van der Waals surface area contributed by atoms with E-state index in [9.17, 15) is 9.18 Å². The van der Waals surface area contributed by atoms with Gasteiger partial charge in [0.2, 0.25) is 0 Å². The topological polar surface area (TPSA) is 56.1 Å². The van der Waals surface area contributed by atoms with Gasteiger partial charge in [0, 0.05) is 16.1 Å². The monoisotopic (exact) mass is 423 g/mol. The predicted octanol–water partition coefficient (Wildman–Crippen LogP) is 4.82. The molecule has 0 bridgehead atoms. The van der Waals surface area contributed by atoms with E-state index in [1.165, 1.54) is 6.07 Å². The van der Waals surface area contributed by atoms with Crippen LogP contribution in [0.2, 0.25) is 5.02 Å². The van der Waals surface area contributed by atoms with E-state index in [-0.39, 0.29) is 24.8 Å². The summed E-state index contributed by atoms with van der Waals surface area (Å²) >= 11 is 6.23. The molecular weight excluding hydrogens is 405 g/mol. The lowest BCUT2D eigenvalue weighted by Crippen LogP contribution is -2.25. The standard InChI is InChI=1S/C23H19ClFN3O2/c1-30-16-7-4-6-15(12-16)23(29)26-13-22-27-20-10-2-3-11-21(20)28(22)14-17-18(24)8-5-9-19(17)25/h2-12H,13-14H2,1H3,(H,26,29). The maximum absolute atomic E-state index is 14.4. The molecule has 0 aliphatic carbocycles. The lowest BCUT2D eigenvalue weighted by Gasteiger charge is -2.12. The maximum atomic E-state index is 14.4. The number of fused-ring (bicyclic) bond motifs is 1. The molecule has 0 spiro atoms. The van der Waals surface area contributed by atoms with Crippen molar-refractivity contribution in [2.24, 2.45) is 0 Å². The van der Waals surface area contributed by atoms with Crippen molar-refractivity contribution in [3.05, 3.63) is 94.5 Å². The second kappa shape index (κ2) is 8.55. The molecule has 30 heavy (non-hydrogen) atoms. The molecule has 0 saturated carbocycles. The Morgan fingerprint density at radius 3 is 2.73 bits per heavy atom. The fourth-order valence-electron chi connectivity index (χ4n) is 3.30. The summed E-state index contributed by atoms with van der Waals surface area (Å²) in [5, 5.41) is 3.22. The highest BCUT2D eigenvalue weighted by molar-refractivity contribution is 6.31. The first-order valence-corrected chi connectivity index (χ1v) is 9.74. The number of carbonyl (C=O) groups is 1.